The zero-order valence-corrected chi connectivity index (χ0v) is 16.2. The van der Waals surface area contributed by atoms with Crippen LogP contribution in [0.3, 0.4) is 0 Å². The van der Waals surface area contributed by atoms with Gasteiger partial charge in [0.25, 0.3) is 14.3 Å². The van der Waals surface area contributed by atoms with Crippen molar-refractivity contribution in [3.05, 3.63) is 0 Å². The van der Waals surface area contributed by atoms with E-state index in [1.807, 2.05) is 46.2 Å². The van der Waals surface area contributed by atoms with E-state index < -0.39 is 16.6 Å². The standard InChI is InChI=1S/C13H28N2O4Si2/c1-11(15-19-21(5,6)7)10-12(14-17)8-9-13(16)18-20(2,3)4/h17H,8-10H2,1-7H3. The van der Waals surface area contributed by atoms with Crippen molar-refractivity contribution < 1.29 is 19.0 Å². The van der Waals surface area contributed by atoms with Gasteiger partial charge in [-0.15, -0.1) is 5.16 Å². The second kappa shape index (κ2) is 8.33. The second-order valence-corrected chi connectivity index (χ2v) is 15.8. The topological polar surface area (TPSA) is 80.5 Å². The van der Waals surface area contributed by atoms with Gasteiger partial charge in [0.2, 0.25) is 8.32 Å². The lowest BCUT2D eigenvalue weighted by Crippen LogP contribution is -2.29. The first kappa shape index (κ1) is 19.8. The van der Waals surface area contributed by atoms with Crippen molar-refractivity contribution in [1.82, 2.24) is 0 Å². The Morgan fingerprint density at radius 2 is 1.62 bits per heavy atom. The van der Waals surface area contributed by atoms with Crippen molar-refractivity contribution in [3.8, 4) is 0 Å². The predicted molar refractivity (Wildman–Crippen MR) is 90.1 cm³/mol. The van der Waals surface area contributed by atoms with Gasteiger partial charge in [-0.3, -0.25) is 4.79 Å². The average molecular weight is 333 g/mol. The quantitative estimate of drug-likeness (QED) is 0.319. The minimum Gasteiger partial charge on any atom is -0.520 e. The maximum absolute atomic E-state index is 11.6. The molecule has 0 aliphatic rings. The zero-order valence-electron chi connectivity index (χ0n) is 14.2. The summed E-state index contributed by atoms with van der Waals surface area (Å²) in [5.74, 6) is -0.247. The molecule has 0 bridgehead atoms. The molecule has 0 radical (unpaired) electrons. The van der Waals surface area contributed by atoms with E-state index in [1.54, 1.807) is 0 Å². The Morgan fingerprint density at radius 1 is 1.05 bits per heavy atom. The molecule has 0 heterocycles. The molecule has 0 aliphatic heterocycles. The number of hydrogen-bond acceptors (Lipinski definition) is 6. The Kier molecular flexibility index (Phi) is 7.87. The van der Waals surface area contributed by atoms with E-state index in [2.05, 4.69) is 10.3 Å². The Morgan fingerprint density at radius 3 is 2.05 bits per heavy atom. The van der Waals surface area contributed by atoms with Gasteiger partial charge < -0.3 is 14.2 Å². The molecule has 21 heavy (non-hydrogen) atoms. The molecule has 6 nitrogen and oxygen atoms in total. The average Bonchev–Trinajstić information content (AvgIpc) is 2.28. The molecule has 0 rings (SSSR count). The molecule has 0 unspecified atom stereocenters. The van der Waals surface area contributed by atoms with Crippen molar-refractivity contribution in [2.24, 2.45) is 10.3 Å². The van der Waals surface area contributed by atoms with Crippen LogP contribution in [0.4, 0.5) is 0 Å². The summed E-state index contributed by atoms with van der Waals surface area (Å²) in [6, 6.07) is 0. The van der Waals surface area contributed by atoms with Crippen LogP contribution in [0.25, 0.3) is 0 Å². The zero-order chi connectivity index (χ0) is 16.7. The van der Waals surface area contributed by atoms with Gasteiger partial charge in [0.05, 0.1) is 11.4 Å². The summed E-state index contributed by atoms with van der Waals surface area (Å²) in [6.07, 6.45) is 0.965. The molecular weight excluding hydrogens is 304 g/mol. The molecular formula is C13H28N2O4Si2. The number of carbonyl (C=O) groups is 1. The molecule has 0 aliphatic carbocycles. The van der Waals surface area contributed by atoms with Gasteiger partial charge in [-0.05, 0) is 52.6 Å². The molecule has 0 spiro atoms. The summed E-state index contributed by atoms with van der Waals surface area (Å²) in [5, 5.41) is 16.3. The summed E-state index contributed by atoms with van der Waals surface area (Å²) >= 11 is 0. The maximum Gasteiger partial charge on any atom is 0.292 e. The summed E-state index contributed by atoms with van der Waals surface area (Å²) in [4.78, 5) is 11.6. The molecule has 0 amide bonds. The fraction of sp³-hybridized carbons (Fsp3) is 0.769. The summed E-state index contributed by atoms with van der Waals surface area (Å²) in [7, 11) is -3.56. The third kappa shape index (κ3) is 12.3. The summed E-state index contributed by atoms with van der Waals surface area (Å²) in [6.45, 7) is 13.8. The van der Waals surface area contributed by atoms with Gasteiger partial charge in [0.15, 0.2) is 0 Å². The highest BCUT2D eigenvalue weighted by molar-refractivity contribution is 6.71. The van der Waals surface area contributed by atoms with Crippen LogP contribution < -0.4 is 0 Å². The largest absolute Gasteiger partial charge is 0.520 e. The minimum absolute atomic E-state index is 0.214. The Hall–Kier alpha value is -1.16. The van der Waals surface area contributed by atoms with Crippen molar-refractivity contribution in [2.75, 3.05) is 0 Å². The number of carbonyl (C=O) groups excluding carboxylic acids is 1. The Bertz CT molecular complexity index is 409. The first-order valence-electron chi connectivity index (χ1n) is 7.06. The van der Waals surface area contributed by atoms with Crippen LogP contribution in [0, 0.1) is 0 Å². The van der Waals surface area contributed by atoms with Crippen LogP contribution in [0.2, 0.25) is 39.3 Å². The van der Waals surface area contributed by atoms with E-state index in [0.29, 0.717) is 18.6 Å². The van der Waals surface area contributed by atoms with Gasteiger partial charge in [-0.2, -0.15) is 0 Å². The fourth-order valence-corrected chi connectivity index (χ4v) is 2.57. The molecule has 0 saturated carbocycles. The van der Waals surface area contributed by atoms with Crippen molar-refractivity contribution >= 4 is 34.0 Å². The van der Waals surface area contributed by atoms with Gasteiger partial charge in [-0.1, -0.05) is 5.16 Å². The highest BCUT2D eigenvalue weighted by Gasteiger charge is 2.20. The summed E-state index contributed by atoms with van der Waals surface area (Å²) < 4.78 is 10.8. The number of nitrogens with zero attached hydrogens (tertiary/aromatic N) is 2. The molecule has 1 N–H and O–H groups in total. The van der Waals surface area contributed by atoms with Crippen LogP contribution in [0.1, 0.15) is 26.2 Å². The van der Waals surface area contributed by atoms with Crippen LogP contribution in [-0.2, 0) is 13.7 Å². The lowest BCUT2D eigenvalue weighted by Gasteiger charge is -2.17. The van der Waals surface area contributed by atoms with Gasteiger partial charge in [0, 0.05) is 12.8 Å². The van der Waals surface area contributed by atoms with Crippen molar-refractivity contribution in [1.29, 1.82) is 0 Å². The maximum atomic E-state index is 11.6. The summed E-state index contributed by atoms with van der Waals surface area (Å²) in [5.41, 5.74) is 1.23. The molecule has 0 saturated heterocycles. The van der Waals surface area contributed by atoms with Crippen LogP contribution >= 0.6 is 0 Å². The SMILES string of the molecule is CC(CC(CCC(=O)O[Si](C)(C)C)=NO)=NO[Si](C)(C)C. The number of oxime groups is 2. The van der Waals surface area contributed by atoms with Crippen LogP contribution in [0.5, 0.6) is 0 Å². The Labute approximate surface area is 129 Å². The third-order valence-corrected chi connectivity index (χ3v) is 3.59. The van der Waals surface area contributed by atoms with E-state index in [-0.39, 0.29) is 12.4 Å². The van der Waals surface area contributed by atoms with Gasteiger partial charge in [-0.25, -0.2) is 0 Å². The van der Waals surface area contributed by atoms with Gasteiger partial charge >= 0.3 is 0 Å². The number of hydrogen-bond donors (Lipinski definition) is 1. The smallest absolute Gasteiger partial charge is 0.292 e. The van der Waals surface area contributed by atoms with E-state index in [4.69, 9.17) is 14.2 Å². The normalized spacial score (nSPS) is 14.0. The monoisotopic (exact) mass is 332 g/mol. The highest BCUT2D eigenvalue weighted by atomic mass is 28.4. The molecule has 8 heteroatoms. The van der Waals surface area contributed by atoms with E-state index in [9.17, 15) is 4.79 Å². The first-order valence-corrected chi connectivity index (χ1v) is 13.9. The lowest BCUT2D eigenvalue weighted by molar-refractivity contribution is -0.134. The van der Waals surface area contributed by atoms with E-state index >= 15 is 0 Å². The molecule has 0 fully saturated rings. The second-order valence-electron chi connectivity index (χ2n) is 6.96. The molecule has 0 atom stereocenters. The molecule has 122 valence electrons. The molecule has 0 aromatic carbocycles. The van der Waals surface area contributed by atoms with E-state index in [0.717, 1.165) is 5.71 Å². The Balaban J connectivity index is 4.33. The molecule has 0 aromatic heterocycles. The fourth-order valence-electron chi connectivity index (χ4n) is 1.36. The van der Waals surface area contributed by atoms with Crippen molar-refractivity contribution in [2.45, 2.75) is 65.5 Å². The highest BCUT2D eigenvalue weighted by Crippen LogP contribution is 2.09. The van der Waals surface area contributed by atoms with Crippen molar-refractivity contribution in [3.63, 3.8) is 0 Å². The minimum atomic E-state index is -1.86. The first-order chi connectivity index (χ1) is 9.43. The van der Waals surface area contributed by atoms with E-state index in [1.165, 1.54) is 0 Å². The predicted octanol–water partition coefficient (Wildman–Crippen LogP) is 3.59. The van der Waals surface area contributed by atoms with Crippen LogP contribution in [0.15, 0.2) is 10.3 Å². The lowest BCUT2D eigenvalue weighted by atomic mass is 10.1. The van der Waals surface area contributed by atoms with Gasteiger partial charge in [0.1, 0.15) is 0 Å². The number of rotatable bonds is 8. The third-order valence-electron chi connectivity index (χ3n) is 2.11. The molecule has 0 aromatic rings. The van der Waals surface area contributed by atoms with Crippen LogP contribution in [-0.4, -0.2) is 39.2 Å².